The summed E-state index contributed by atoms with van der Waals surface area (Å²) in [6.07, 6.45) is 10.5. The number of esters is 1. The molecule has 1 aliphatic heterocycles. The lowest BCUT2D eigenvalue weighted by atomic mass is 9.88. The lowest BCUT2D eigenvalue weighted by Crippen LogP contribution is -2.00. The number of ether oxygens (including phenoxy) is 1. The molecule has 1 saturated heterocycles. The van der Waals surface area contributed by atoms with Crippen molar-refractivity contribution in [3.8, 4) is 0 Å². The van der Waals surface area contributed by atoms with E-state index in [9.17, 15) is 4.79 Å². The summed E-state index contributed by atoms with van der Waals surface area (Å²) in [5.41, 5.74) is 7.77. The minimum Gasteiger partial charge on any atom is -0.457 e. The van der Waals surface area contributed by atoms with E-state index in [0.29, 0.717) is 18.1 Å². The summed E-state index contributed by atoms with van der Waals surface area (Å²) in [6.45, 7) is 8.99. The Bertz CT molecular complexity index is 704. The van der Waals surface area contributed by atoms with Gasteiger partial charge in [-0.05, 0) is 53.7 Å². The summed E-state index contributed by atoms with van der Waals surface area (Å²) in [5, 5.41) is 0. The van der Waals surface area contributed by atoms with Crippen LogP contribution >= 0.6 is 0 Å². The van der Waals surface area contributed by atoms with Crippen LogP contribution in [0.3, 0.4) is 0 Å². The van der Waals surface area contributed by atoms with Crippen LogP contribution in [0.5, 0.6) is 0 Å². The van der Waals surface area contributed by atoms with Gasteiger partial charge in [-0.1, -0.05) is 38.2 Å². The molecule has 0 bridgehead atoms. The topological polar surface area (TPSA) is 26.3 Å². The molecular formula is C19H20O2. The summed E-state index contributed by atoms with van der Waals surface area (Å²) in [6, 6.07) is 0. The second-order valence-electron chi connectivity index (χ2n) is 6.09. The molecule has 0 spiro atoms. The number of cyclic esters (lactones) is 1. The Hall–Kier alpha value is -2.09. The van der Waals surface area contributed by atoms with Gasteiger partial charge >= 0.3 is 5.97 Å². The standard InChI is InChI=1S/C19H20O2/c1-11(2)14-7-5-13(4)18-16(9-14)12(3)6-8-15-17(18)10-21-19(15)20/h5-9,11H,10H2,1-4H3. The second kappa shape index (κ2) is 5.03. The highest BCUT2D eigenvalue weighted by molar-refractivity contribution is 5.98. The lowest BCUT2D eigenvalue weighted by molar-refractivity contribution is -0.134. The molecule has 0 aromatic carbocycles. The third kappa shape index (κ3) is 2.25. The van der Waals surface area contributed by atoms with Crippen molar-refractivity contribution in [2.75, 3.05) is 6.61 Å². The number of allylic oxidation sites excluding steroid dienone is 10. The van der Waals surface area contributed by atoms with Crippen LogP contribution in [0.25, 0.3) is 0 Å². The summed E-state index contributed by atoms with van der Waals surface area (Å²) < 4.78 is 5.24. The van der Waals surface area contributed by atoms with Crippen molar-refractivity contribution >= 4 is 5.97 Å². The first-order chi connectivity index (χ1) is 9.99. The van der Waals surface area contributed by atoms with Gasteiger partial charge in [0.05, 0.1) is 5.57 Å². The molecule has 3 aliphatic rings. The number of rotatable bonds is 1. The average molecular weight is 280 g/mol. The van der Waals surface area contributed by atoms with E-state index in [0.717, 1.165) is 11.1 Å². The van der Waals surface area contributed by atoms with E-state index in [1.807, 2.05) is 12.2 Å². The lowest BCUT2D eigenvalue weighted by Gasteiger charge is -2.15. The molecule has 0 atom stereocenters. The smallest absolute Gasteiger partial charge is 0.338 e. The van der Waals surface area contributed by atoms with Crippen LogP contribution in [0.4, 0.5) is 0 Å². The molecule has 0 amide bonds. The molecule has 108 valence electrons. The predicted octanol–water partition coefficient (Wildman–Crippen LogP) is 4.19. The van der Waals surface area contributed by atoms with E-state index < -0.39 is 0 Å². The summed E-state index contributed by atoms with van der Waals surface area (Å²) in [4.78, 5) is 11.9. The van der Waals surface area contributed by atoms with Gasteiger partial charge in [0.25, 0.3) is 0 Å². The molecule has 2 aliphatic carbocycles. The van der Waals surface area contributed by atoms with Gasteiger partial charge in [0, 0.05) is 5.57 Å². The molecule has 1 heterocycles. The fourth-order valence-electron chi connectivity index (χ4n) is 2.96. The second-order valence-corrected chi connectivity index (χ2v) is 6.09. The first kappa shape index (κ1) is 13.9. The van der Waals surface area contributed by atoms with Gasteiger partial charge in [-0.15, -0.1) is 0 Å². The fraction of sp³-hybridized carbons (Fsp3) is 0.316. The SMILES string of the molecule is CC1=CC=C2C(=O)OCC2=C2C(C)=CC=C(C(C)C)C=C12. The van der Waals surface area contributed by atoms with Gasteiger partial charge in [0.1, 0.15) is 6.61 Å². The first-order valence-corrected chi connectivity index (χ1v) is 7.39. The van der Waals surface area contributed by atoms with Crippen LogP contribution < -0.4 is 0 Å². The Balaban J connectivity index is 2.28. The molecule has 0 saturated carbocycles. The predicted molar refractivity (Wildman–Crippen MR) is 84.6 cm³/mol. The minimum atomic E-state index is -0.211. The highest BCUT2D eigenvalue weighted by atomic mass is 16.5. The normalized spacial score (nSPS) is 21.4. The molecule has 2 nitrogen and oxygen atoms in total. The van der Waals surface area contributed by atoms with Crippen molar-refractivity contribution in [2.45, 2.75) is 27.7 Å². The Morgan fingerprint density at radius 1 is 1.00 bits per heavy atom. The minimum absolute atomic E-state index is 0.211. The summed E-state index contributed by atoms with van der Waals surface area (Å²) in [5.74, 6) is 0.257. The van der Waals surface area contributed by atoms with E-state index in [2.05, 4.69) is 45.9 Å². The van der Waals surface area contributed by atoms with Crippen molar-refractivity contribution in [1.29, 1.82) is 0 Å². The van der Waals surface area contributed by atoms with Crippen LogP contribution in [-0.4, -0.2) is 12.6 Å². The Labute approximate surface area is 125 Å². The number of carbonyl (C=O) groups excluding carboxylic acids is 1. The highest BCUT2D eigenvalue weighted by Gasteiger charge is 2.31. The third-order valence-electron chi connectivity index (χ3n) is 4.29. The molecule has 21 heavy (non-hydrogen) atoms. The van der Waals surface area contributed by atoms with E-state index in [1.54, 1.807) is 0 Å². The Morgan fingerprint density at radius 2 is 1.71 bits per heavy atom. The zero-order chi connectivity index (χ0) is 15.1. The maximum Gasteiger partial charge on any atom is 0.338 e. The van der Waals surface area contributed by atoms with Gasteiger partial charge in [-0.2, -0.15) is 0 Å². The van der Waals surface area contributed by atoms with Crippen LogP contribution in [0.2, 0.25) is 0 Å². The Kier molecular flexibility index (Phi) is 3.32. The van der Waals surface area contributed by atoms with E-state index in [1.165, 1.54) is 22.3 Å². The van der Waals surface area contributed by atoms with E-state index in [-0.39, 0.29) is 5.97 Å². The highest BCUT2D eigenvalue weighted by Crippen LogP contribution is 2.39. The largest absolute Gasteiger partial charge is 0.457 e. The van der Waals surface area contributed by atoms with E-state index in [4.69, 9.17) is 4.74 Å². The molecule has 0 radical (unpaired) electrons. The maximum absolute atomic E-state index is 11.9. The molecule has 1 fully saturated rings. The fourth-order valence-corrected chi connectivity index (χ4v) is 2.96. The molecule has 0 N–H and O–H groups in total. The van der Waals surface area contributed by atoms with Crippen LogP contribution in [0.1, 0.15) is 27.7 Å². The molecule has 3 rings (SSSR count). The average Bonchev–Trinajstić information content (AvgIpc) is 2.62. The van der Waals surface area contributed by atoms with Gasteiger partial charge in [0.2, 0.25) is 0 Å². The maximum atomic E-state index is 11.9. The molecule has 0 unspecified atom stereocenters. The van der Waals surface area contributed by atoms with Crippen LogP contribution in [0, 0.1) is 5.92 Å². The molecule has 2 heteroatoms. The molecular weight excluding hydrogens is 260 g/mol. The summed E-state index contributed by atoms with van der Waals surface area (Å²) in [7, 11) is 0. The zero-order valence-electron chi connectivity index (χ0n) is 13.0. The van der Waals surface area contributed by atoms with Gasteiger partial charge in [0.15, 0.2) is 0 Å². The van der Waals surface area contributed by atoms with Crippen molar-refractivity contribution in [2.24, 2.45) is 5.92 Å². The van der Waals surface area contributed by atoms with Crippen LogP contribution in [-0.2, 0) is 9.53 Å². The molecule has 0 aromatic heterocycles. The van der Waals surface area contributed by atoms with Crippen molar-refractivity contribution < 1.29 is 9.53 Å². The summed E-state index contributed by atoms with van der Waals surface area (Å²) >= 11 is 0. The van der Waals surface area contributed by atoms with Crippen molar-refractivity contribution in [3.63, 3.8) is 0 Å². The number of carbonyl (C=O) groups is 1. The monoisotopic (exact) mass is 280 g/mol. The number of hydrogen-bond donors (Lipinski definition) is 0. The molecule has 0 aromatic rings. The zero-order valence-corrected chi connectivity index (χ0v) is 13.0. The quantitative estimate of drug-likeness (QED) is 0.673. The number of fused-ring (bicyclic) bond motifs is 2. The first-order valence-electron chi connectivity index (χ1n) is 7.39. The third-order valence-corrected chi connectivity index (χ3v) is 4.29. The van der Waals surface area contributed by atoms with Crippen molar-refractivity contribution in [3.05, 3.63) is 69.4 Å². The van der Waals surface area contributed by atoms with Gasteiger partial charge in [-0.25, -0.2) is 4.79 Å². The number of hydrogen-bond acceptors (Lipinski definition) is 2. The van der Waals surface area contributed by atoms with Crippen molar-refractivity contribution in [1.82, 2.24) is 0 Å². The Morgan fingerprint density at radius 3 is 2.43 bits per heavy atom. The van der Waals surface area contributed by atoms with Gasteiger partial charge in [-0.3, -0.25) is 0 Å². The van der Waals surface area contributed by atoms with E-state index >= 15 is 0 Å². The van der Waals surface area contributed by atoms with Gasteiger partial charge < -0.3 is 4.74 Å². The van der Waals surface area contributed by atoms with Crippen LogP contribution in [0.15, 0.2) is 69.4 Å².